The van der Waals surface area contributed by atoms with Crippen molar-refractivity contribution in [2.45, 2.75) is 38.6 Å². The van der Waals surface area contributed by atoms with Crippen LogP contribution in [0.15, 0.2) is 24.3 Å². The number of hydrogen-bond acceptors (Lipinski definition) is 2. The van der Waals surface area contributed by atoms with Gasteiger partial charge in [-0.2, -0.15) is 0 Å². The number of aromatic hydroxyl groups is 1. The first-order valence-corrected chi connectivity index (χ1v) is 6.17. The van der Waals surface area contributed by atoms with Gasteiger partial charge in [0.1, 0.15) is 5.75 Å². The second kappa shape index (κ2) is 4.46. The summed E-state index contributed by atoms with van der Waals surface area (Å²) < 4.78 is 0. The van der Waals surface area contributed by atoms with Gasteiger partial charge < -0.3 is 10.4 Å². The first kappa shape index (κ1) is 11.5. The molecule has 1 aliphatic heterocycles. The Bertz CT molecular complexity index is 336. The Morgan fingerprint density at radius 3 is 2.50 bits per heavy atom. The first-order chi connectivity index (χ1) is 7.62. The third kappa shape index (κ3) is 2.22. The number of benzene rings is 1. The van der Waals surface area contributed by atoms with E-state index < -0.39 is 0 Å². The normalized spacial score (nSPS) is 25.2. The van der Waals surface area contributed by atoms with Crippen molar-refractivity contribution in [3.63, 3.8) is 0 Å². The van der Waals surface area contributed by atoms with E-state index in [0.717, 1.165) is 13.0 Å². The molecule has 2 rings (SSSR count). The highest BCUT2D eigenvalue weighted by Crippen LogP contribution is 2.37. The molecule has 16 heavy (non-hydrogen) atoms. The number of phenolic OH excluding ortho intramolecular Hbond substituents is 1. The fourth-order valence-corrected chi connectivity index (χ4v) is 2.82. The third-order valence-corrected chi connectivity index (χ3v) is 3.42. The van der Waals surface area contributed by atoms with E-state index in [-0.39, 0.29) is 5.54 Å². The molecule has 1 saturated heterocycles. The van der Waals surface area contributed by atoms with Crippen LogP contribution in [0.5, 0.6) is 5.75 Å². The molecule has 1 heterocycles. The fraction of sp³-hybridized carbons (Fsp3) is 0.571. The van der Waals surface area contributed by atoms with Crippen molar-refractivity contribution in [2.24, 2.45) is 5.92 Å². The molecular formula is C14H21NO. The molecule has 0 aliphatic carbocycles. The van der Waals surface area contributed by atoms with Gasteiger partial charge in [-0.25, -0.2) is 0 Å². The van der Waals surface area contributed by atoms with E-state index in [1.165, 1.54) is 18.4 Å². The van der Waals surface area contributed by atoms with Crippen LogP contribution in [0.25, 0.3) is 0 Å². The van der Waals surface area contributed by atoms with Crippen LogP contribution in [0.1, 0.15) is 38.7 Å². The standard InChI is InChI=1S/C14H21NO/c1-11(2)10-14(8-3-9-15-14)12-4-6-13(16)7-5-12/h4-7,11,15-16H,3,8-10H2,1-2H3. The lowest BCUT2D eigenvalue weighted by atomic mass is 9.81. The summed E-state index contributed by atoms with van der Waals surface area (Å²) in [5.74, 6) is 1.03. The monoisotopic (exact) mass is 219 g/mol. The lowest BCUT2D eigenvalue weighted by Gasteiger charge is -2.32. The molecule has 1 aromatic rings. The minimum Gasteiger partial charge on any atom is -0.508 e. The second-order valence-corrected chi connectivity index (χ2v) is 5.26. The van der Waals surface area contributed by atoms with Crippen LogP contribution >= 0.6 is 0 Å². The van der Waals surface area contributed by atoms with Crippen molar-refractivity contribution in [3.05, 3.63) is 29.8 Å². The average molecular weight is 219 g/mol. The number of phenols is 1. The lowest BCUT2D eigenvalue weighted by Crippen LogP contribution is -2.38. The minimum atomic E-state index is 0.141. The Hall–Kier alpha value is -1.02. The molecule has 0 radical (unpaired) electrons. The maximum atomic E-state index is 9.34. The molecule has 0 bridgehead atoms. The van der Waals surface area contributed by atoms with E-state index in [4.69, 9.17) is 0 Å². The number of hydrogen-bond donors (Lipinski definition) is 2. The molecule has 0 aromatic heterocycles. The Morgan fingerprint density at radius 1 is 1.31 bits per heavy atom. The van der Waals surface area contributed by atoms with Crippen molar-refractivity contribution in [1.29, 1.82) is 0 Å². The molecule has 0 amide bonds. The summed E-state index contributed by atoms with van der Waals surface area (Å²) in [7, 11) is 0. The predicted molar refractivity (Wildman–Crippen MR) is 66.5 cm³/mol. The summed E-state index contributed by atoms with van der Waals surface area (Å²) in [6.45, 7) is 5.64. The van der Waals surface area contributed by atoms with Crippen molar-refractivity contribution in [1.82, 2.24) is 5.32 Å². The second-order valence-electron chi connectivity index (χ2n) is 5.26. The summed E-state index contributed by atoms with van der Waals surface area (Å²) in [4.78, 5) is 0. The molecule has 2 heteroatoms. The van der Waals surface area contributed by atoms with E-state index >= 15 is 0 Å². The molecule has 2 nitrogen and oxygen atoms in total. The fourth-order valence-electron chi connectivity index (χ4n) is 2.82. The Labute approximate surface area is 97.7 Å². The van der Waals surface area contributed by atoms with Crippen molar-refractivity contribution >= 4 is 0 Å². The van der Waals surface area contributed by atoms with Crippen LogP contribution in [0.3, 0.4) is 0 Å². The zero-order chi connectivity index (χ0) is 11.6. The lowest BCUT2D eigenvalue weighted by molar-refractivity contribution is 0.310. The highest BCUT2D eigenvalue weighted by Gasteiger charge is 2.35. The van der Waals surface area contributed by atoms with Crippen molar-refractivity contribution < 1.29 is 5.11 Å². The molecule has 1 atom stereocenters. The molecule has 1 aliphatic rings. The van der Waals surface area contributed by atoms with Gasteiger partial charge in [0, 0.05) is 5.54 Å². The van der Waals surface area contributed by atoms with Gasteiger partial charge in [-0.1, -0.05) is 26.0 Å². The quantitative estimate of drug-likeness (QED) is 0.819. The van der Waals surface area contributed by atoms with Gasteiger partial charge in [0.05, 0.1) is 0 Å². The van der Waals surface area contributed by atoms with Crippen LogP contribution in [0, 0.1) is 5.92 Å². The molecule has 2 N–H and O–H groups in total. The van der Waals surface area contributed by atoms with E-state index in [1.807, 2.05) is 0 Å². The van der Waals surface area contributed by atoms with E-state index in [1.54, 1.807) is 12.1 Å². The van der Waals surface area contributed by atoms with Gasteiger partial charge >= 0.3 is 0 Å². The van der Waals surface area contributed by atoms with Gasteiger partial charge in [-0.3, -0.25) is 0 Å². The van der Waals surface area contributed by atoms with Gasteiger partial charge in [-0.15, -0.1) is 0 Å². The summed E-state index contributed by atoms with van der Waals surface area (Å²) in [5.41, 5.74) is 1.46. The van der Waals surface area contributed by atoms with Crippen LogP contribution < -0.4 is 5.32 Å². The SMILES string of the molecule is CC(C)CC1(c2ccc(O)cc2)CCCN1. The highest BCUT2D eigenvalue weighted by molar-refractivity contribution is 5.32. The third-order valence-electron chi connectivity index (χ3n) is 3.42. The van der Waals surface area contributed by atoms with Crippen LogP contribution in [-0.2, 0) is 5.54 Å². The zero-order valence-electron chi connectivity index (χ0n) is 10.2. The van der Waals surface area contributed by atoms with E-state index in [0.29, 0.717) is 11.7 Å². The van der Waals surface area contributed by atoms with Crippen molar-refractivity contribution in [3.8, 4) is 5.75 Å². The molecule has 0 spiro atoms. The van der Waals surface area contributed by atoms with Gasteiger partial charge in [0.25, 0.3) is 0 Å². The minimum absolute atomic E-state index is 0.141. The summed E-state index contributed by atoms with van der Waals surface area (Å²) in [6, 6.07) is 7.68. The molecule has 1 fully saturated rings. The molecule has 0 saturated carbocycles. The van der Waals surface area contributed by atoms with Crippen molar-refractivity contribution in [2.75, 3.05) is 6.54 Å². The zero-order valence-corrected chi connectivity index (χ0v) is 10.2. The topological polar surface area (TPSA) is 32.3 Å². The average Bonchev–Trinajstić information content (AvgIpc) is 2.67. The van der Waals surface area contributed by atoms with Gasteiger partial charge in [-0.05, 0) is 49.4 Å². The Balaban J connectivity index is 2.28. The Morgan fingerprint density at radius 2 is 2.00 bits per heavy atom. The first-order valence-electron chi connectivity index (χ1n) is 6.17. The number of rotatable bonds is 3. The summed E-state index contributed by atoms with van der Waals surface area (Å²) in [6.07, 6.45) is 3.61. The number of nitrogens with one attached hydrogen (secondary N) is 1. The maximum absolute atomic E-state index is 9.34. The van der Waals surface area contributed by atoms with Crippen LogP contribution in [-0.4, -0.2) is 11.7 Å². The molecule has 1 aromatic carbocycles. The smallest absolute Gasteiger partial charge is 0.115 e. The van der Waals surface area contributed by atoms with Gasteiger partial charge in [0.2, 0.25) is 0 Å². The van der Waals surface area contributed by atoms with E-state index in [2.05, 4.69) is 31.3 Å². The molecule has 88 valence electrons. The largest absolute Gasteiger partial charge is 0.508 e. The van der Waals surface area contributed by atoms with Crippen LogP contribution in [0.2, 0.25) is 0 Å². The highest BCUT2D eigenvalue weighted by atomic mass is 16.3. The van der Waals surface area contributed by atoms with Crippen LogP contribution in [0.4, 0.5) is 0 Å². The van der Waals surface area contributed by atoms with E-state index in [9.17, 15) is 5.11 Å². The Kier molecular flexibility index (Phi) is 3.20. The summed E-state index contributed by atoms with van der Waals surface area (Å²) >= 11 is 0. The maximum Gasteiger partial charge on any atom is 0.115 e. The molecule has 1 unspecified atom stereocenters. The predicted octanol–water partition coefficient (Wildman–Crippen LogP) is 3.02. The molecular weight excluding hydrogens is 198 g/mol. The van der Waals surface area contributed by atoms with Gasteiger partial charge in [0.15, 0.2) is 0 Å². The summed E-state index contributed by atoms with van der Waals surface area (Å²) in [5, 5.41) is 13.0.